The molecule has 176 valence electrons. The Morgan fingerprint density at radius 3 is 2.65 bits per heavy atom. The molecule has 1 fully saturated rings. The zero-order valence-electron chi connectivity index (χ0n) is 19.0. The van der Waals surface area contributed by atoms with Crippen LogP contribution in [0.4, 0.5) is 0 Å². The van der Waals surface area contributed by atoms with Crippen LogP contribution < -0.4 is 9.64 Å². The smallest absolute Gasteiger partial charge is 0.290 e. The van der Waals surface area contributed by atoms with E-state index in [1.165, 1.54) is 4.90 Å². The number of aliphatic hydroxyl groups is 1. The first-order chi connectivity index (χ1) is 16.6. The van der Waals surface area contributed by atoms with Crippen LogP contribution in [0.1, 0.15) is 22.2 Å². The summed E-state index contributed by atoms with van der Waals surface area (Å²) < 4.78 is 16.8. The predicted molar refractivity (Wildman–Crippen MR) is 124 cm³/mol. The molecule has 3 heterocycles. The van der Waals surface area contributed by atoms with Crippen molar-refractivity contribution in [2.24, 2.45) is 0 Å². The number of amides is 1. The fraction of sp³-hybridized carbons (Fsp3) is 0.308. The summed E-state index contributed by atoms with van der Waals surface area (Å²) in [6.45, 7) is 4.12. The van der Waals surface area contributed by atoms with E-state index in [0.29, 0.717) is 43.2 Å². The van der Waals surface area contributed by atoms with Crippen molar-refractivity contribution >= 4 is 22.7 Å². The maximum Gasteiger partial charge on any atom is 0.290 e. The molecule has 2 aliphatic heterocycles. The SMILES string of the molecule is COc1ccccc1[C@@H]1C(C(=O)c2cc3ccccc3o2)=C(O)C(=O)N1CC[NH+]1CCOCC1. The first kappa shape index (κ1) is 22.2. The third-order valence-electron chi connectivity index (χ3n) is 6.54. The Morgan fingerprint density at radius 1 is 1.15 bits per heavy atom. The topological polar surface area (TPSA) is 93.7 Å². The summed E-state index contributed by atoms with van der Waals surface area (Å²) in [7, 11) is 1.54. The Balaban J connectivity index is 1.53. The molecule has 1 atom stereocenters. The van der Waals surface area contributed by atoms with E-state index in [2.05, 4.69) is 0 Å². The summed E-state index contributed by atoms with van der Waals surface area (Å²) in [6, 6.07) is 15.4. The number of carbonyl (C=O) groups excluding carboxylic acids is 2. The summed E-state index contributed by atoms with van der Waals surface area (Å²) >= 11 is 0. The number of aliphatic hydroxyl groups excluding tert-OH is 1. The quantitative estimate of drug-likeness (QED) is 0.520. The molecule has 8 heteroatoms. The lowest BCUT2D eigenvalue weighted by molar-refractivity contribution is -0.907. The maximum atomic E-state index is 13.7. The number of nitrogens with zero attached hydrogens (tertiary/aromatic N) is 1. The molecule has 1 aromatic heterocycles. The molecule has 2 aliphatic rings. The molecular weight excluding hydrogens is 436 g/mol. The Kier molecular flexibility index (Phi) is 6.08. The number of hydrogen-bond acceptors (Lipinski definition) is 6. The number of ether oxygens (including phenoxy) is 2. The minimum Gasteiger partial charge on any atom is -0.503 e. The highest BCUT2D eigenvalue weighted by Crippen LogP contribution is 2.42. The number of ketones is 1. The van der Waals surface area contributed by atoms with Crippen LogP contribution in [0.25, 0.3) is 11.0 Å². The second-order valence-corrected chi connectivity index (χ2v) is 8.50. The van der Waals surface area contributed by atoms with Crippen LogP contribution in [0.15, 0.2) is 70.3 Å². The molecule has 0 aliphatic carbocycles. The summed E-state index contributed by atoms with van der Waals surface area (Å²) in [5.41, 5.74) is 1.21. The normalized spacial score (nSPS) is 19.3. The Morgan fingerprint density at radius 2 is 1.88 bits per heavy atom. The number of quaternary nitrogens is 1. The summed E-state index contributed by atoms with van der Waals surface area (Å²) in [5.74, 6) is -1.01. The van der Waals surface area contributed by atoms with Gasteiger partial charge in [0.1, 0.15) is 24.4 Å². The summed E-state index contributed by atoms with van der Waals surface area (Å²) in [4.78, 5) is 29.8. The van der Waals surface area contributed by atoms with E-state index < -0.39 is 23.5 Å². The van der Waals surface area contributed by atoms with Gasteiger partial charge in [0, 0.05) is 10.9 Å². The van der Waals surface area contributed by atoms with Gasteiger partial charge in [0.15, 0.2) is 11.5 Å². The number of rotatable bonds is 7. The number of nitrogens with one attached hydrogen (secondary N) is 1. The van der Waals surface area contributed by atoms with Crippen molar-refractivity contribution < 1.29 is 33.5 Å². The number of fused-ring (bicyclic) bond motifs is 1. The second kappa shape index (κ2) is 9.32. The van der Waals surface area contributed by atoms with Crippen molar-refractivity contribution in [2.75, 3.05) is 46.5 Å². The first-order valence-electron chi connectivity index (χ1n) is 11.4. The van der Waals surface area contributed by atoms with Gasteiger partial charge in [0.2, 0.25) is 5.78 Å². The van der Waals surface area contributed by atoms with Gasteiger partial charge in [-0.3, -0.25) is 9.59 Å². The molecule has 34 heavy (non-hydrogen) atoms. The van der Waals surface area contributed by atoms with Gasteiger partial charge in [-0.2, -0.15) is 0 Å². The maximum absolute atomic E-state index is 13.7. The van der Waals surface area contributed by atoms with E-state index in [1.54, 1.807) is 30.2 Å². The Labute approximate surface area is 197 Å². The van der Waals surface area contributed by atoms with Crippen LogP contribution in [0.5, 0.6) is 5.75 Å². The molecule has 0 unspecified atom stereocenters. The highest BCUT2D eigenvalue weighted by Gasteiger charge is 2.45. The molecule has 8 nitrogen and oxygen atoms in total. The zero-order chi connectivity index (χ0) is 23.7. The molecule has 3 aromatic rings. The lowest BCUT2D eigenvalue weighted by atomic mass is 9.94. The van der Waals surface area contributed by atoms with Crippen molar-refractivity contribution in [3.05, 3.63) is 77.3 Å². The van der Waals surface area contributed by atoms with Crippen LogP contribution in [0, 0.1) is 0 Å². The summed E-state index contributed by atoms with van der Waals surface area (Å²) in [6.07, 6.45) is 0. The van der Waals surface area contributed by atoms with Crippen LogP contribution in [-0.2, 0) is 9.53 Å². The largest absolute Gasteiger partial charge is 0.503 e. The summed E-state index contributed by atoms with van der Waals surface area (Å²) in [5, 5.41) is 11.7. The van der Waals surface area contributed by atoms with Gasteiger partial charge in [-0.05, 0) is 18.2 Å². The highest BCUT2D eigenvalue weighted by molar-refractivity contribution is 6.16. The molecule has 0 spiro atoms. The number of carbonyl (C=O) groups is 2. The molecule has 5 rings (SSSR count). The third-order valence-corrected chi connectivity index (χ3v) is 6.54. The van der Waals surface area contributed by atoms with E-state index in [4.69, 9.17) is 13.9 Å². The first-order valence-corrected chi connectivity index (χ1v) is 11.4. The van der Waals surface area contributed by atoms with Crippen molar-refractivity contribution in [1.29, 1.82) is 0 Å². The van der Waals surface area contributed by atoms with E-state index in [9.17, 15) is 14.7 Å². The van der Waals surface area contributed by atoms with Gasteiger partial charge in [-0.1, -0.05) is 36.4 Å². The van der Waals surface area contributed by atoms with Gasteiger partial charge in [0.25, 0.3) is 5.91 Å². The minimum absolute atomic E-state index is 0.00512. The second-order valence-electron chi connectivity index (χ2n) is 8.50. The monoisotopic (exact) mass is 463 g/mol. The van der Waals surface area contributed by atoms with E-state index >= 15 is 0 Å². The molecule has 1 saturated heterocycles. The standard InChI is InChI=1S/C26H26N2O6/c1-32-20-9-5-3-7-18(20)23-22(24(29)21-16-17-6-2-4-8-19(17)34-21)25(30)26(31)28(23)11-10-27-12-14-33-15-13-27/h2-9,16,23,30H,10-15H2,1H3/p+1/t23-/m1/s1. The molecule has 0 radical (unpaired) electrons. The number of para-hydroxylation sites is 2. The zero-order valence-corrected chi connectivity index (χ0v) is 19.0. The number of Topliss-reactive ketones (excluding diaryl/α,β-unsaturated/α-hetero) is 1. The van der Waals surface area contributed by atoms with Gasteiger partial charge in [0.05, 0.1) is 45.0 Å². The predicted octanol–water partition coefficient (Wildman–Crippen LogP) is 1.93. The molecular formula is C26H27N2O6+. The van der Waals surface area contributed by atoms with Crippen molar-refractivity contribution in [3.8, 4) is 5.75 Å². The number of hydrogen-bond donors (Lipinski definition) is 2. The third kappa shape index (κ3) is 3.95. The van der Waals surface area contributed by atoms with Crippen LogP contribution in [-0.4, -0.2) is 68.2 Å². The Hall–Kier alpha value is -3.62. The average molecular weight is 464 g/mol. The lowest BCUT2D eigenvalue weighted by Gasteiger charge is -2.30. The van der Waals surface area contributed by atoms with Crippen LogP contribution >= 0.6 is 0 Å². The lowest BCUT2D eigenvalue weighted by Crippen LogP contribution is -3.14. The molecule has 2 N–H and O–H groups in total. The van der Waals surface area contributed by atoms with Gasteiger partial charge in [-0.15, -0.1) is 0 Å². The molecule has 0 bridgehead atoms. The van der Waals surface area contributed by atoms with E-state index in [-0.39, 0.29) is 11.3 Å². The number of benzene rings is 2. The van der Waals surface area contributed by atoms with Crippen molar-refractivity contribution in [2.45, 2.75) is 6.04 Å². The van der Waals surface area contributed by atoms with Gasteiger partial charge >= 0.3 is 0 Å². The van der Waals surface area contributed by atoms with E-state index in [0.717, 1.165) is 18.5 Å². The average Bonchev–Trinajstić information content (AvgIpc) is 3.42. The van der Waals surface area contributed by atoms with Crippen molar-refractivity contribution in [3.63, 3.8) is 0 Å². The van der Waals surface area contributed by atoms with Gasteiger partial charge < -0.3 is 28.8 Å². The van der Waals surface area contributed by atoms with Crippen LogP contribution in [0.2, 0.25) is 0 Å². The van der Waals surface area contributed by atoms with Gasteiger partial charge in [-0.25, -0.2) is 0 Å². The highest BCUT2D eigenvalue weighted by atomic mass is 16.5. The number of furan rings is 1. The number of methoxy groups -OCH3 is 1. The van der Waals surface area contributed by atoms with Crippen LogP contribution in [0.3, 0.4) is 0 Å². The van der Waals surface area contributed by atoms with E-state index in [1.807, 2.05) is 36.4 Å². The fourth-order valence-electron chi connectivity index (χ4n) is 4.75. The number of morpholine rings is 1. The molecule has 2 aromatic carbocycles. The fourth-order valence-corrected chi connectivity index (χ4v) is 4.75. The van der Waals surface area contributed by atoms with Crippen molar-refractivity contribution in [1.82, 2.24) is 4.90 Å². The Bertz CT molecular complexity index is 1220. The minimum atomic E-state index is -0.787. The molecule has 1 amide bonds. The molecule has 0 saturated carbocycles.